The molecule has 0 fully saturated rings. The fourth-order valence-electron chi connectivity index (χ4n) is 1.54. The third-order valence-corrected chi connectivity index (χ3v) is 2.66. The quantitative estimate of drug-likeness (QED) is 0.889. The molecule has 1 aromatic carbocycles. The van der Waals surface area contributed by atoms with Gasteiger partial charge in [0.05, 0.1) is 6.42 Å². The fourth-order valence-corrected chi connectivity index (χ4v) is 1.64. The van der Waals surface area contributed by atoms with Crippen LogP contribution in [0.3, 0.4) is 0 Å². The highest BCUT2D eigenvalue weighted by Crippen LogP contribution is 2.11. The molecular weight excluding hydrogens is 280 g/mol. The second-order valence-electron chi connectivity index (χ2n) is 4.04. The Kier molecular flexibility index (Phi) is 4.27. The summed E-state index contributed by atoms with van der Waals surface area (Å²) in [5.41, 5.74) is 6.62. The molecule has 7 heteroatoms. The molecule has 1 aromatic heterocycles. The van der Waals surface area contributed by atoms with Crippen LogP contribution in [0, 0.1) is 0 Å². The summed E-state index contributed by atoms with van der Waals surface area (Å²) >= 11 is 5.59. The summed E-state index contributed by atoms with van der Waals surface area (Å²) < 4.78 is 0. The van der Waals surface area contributed by atoms with Crippen LogP contribution in [-0.4, -0.2) is 22.0 Å². The summed E-state index contributed by atoms with van der Waals surface area (Å²) in [4.78, 5) is 22.6. The van der Waals surface area contributed by atoms with Gasteiger partial charge >= 0.3 is 0 Å². The van der Waals surface area contributed by atoms with Crippen LogP contribution in [-0.2, 0) is 11.2 Å². The van der Waals surface area contributed by atoms with E-state index >= 15 is 0 Å². The number of rotatable bonds is 4. The summed E-state index contributed by atoms with van der Waals surface area (Å²) in [6.07, 6.45) is 0.164. The topological polar surface area (TPSA) is 98.0 Å². The van der Waals surface area contributed by atoms with E-state index in [1.165, 1.54) is 12.1 Å². The molecule has 2 amide bonds. The van der Waals surface area contributed by atoms with Crippen LogP contribution in [0.2, 0.25) is 5.15 Å². The molecule has 1 heterocycles. The lowest BCUT2D eigenvalue weighted by Gasteiger charge is -2.05. The molecule has 20 heavy (non-hydrogen) atoms. The number of hydrogen-bond donors (Lipinski definition) is 2. The lowest BCUT2D eigenvalue weighted by Crippen LogP contribution is -2.15. The zero-order valence-corrected chi connectivity index (χ0v) is 11.1. The Bertz CT molecular complexity index is 626. The molecule has 0 bridgehead atoms. The number of aromatic nitrogens is 2. The Hall–Kier alpha value is -2.47. The average molecular weight is 291 g/mol. The number of amides is 2. The van der Waals surface area contributed by atoms with Crippen molar-refractivity contribution in [3.8, 4) is 0 Å². The lowest BCUT2D eigenvalue weighted by atomic mass is 10.1. The monoisotopic (exact) mass is 290 g/mol. The molecule has 0 spiro atoms. The maximum atomic E-state index is 11.9. The molecule has 102 valence electrons. The standard InChI is InChI=1S/C13H11ClN4O2/c14-11-6-5-10(17-18-11)13(20)16-9-3-1-8(2-4-9)7-12(15)19/h1-6H,7H2,(H2,15,19)(H,16,20). The Balaban J connectivity index is 2.04. The minimum atomic E-state index is -0.404. The average Bonchev–Trinajstić information content (AvgIpc) is 2.41. The second kappa shape index (κ2) is 6.12. The highest BCUT2D eigenvalue weighted by atomic mass is 35.5. The highest BCUT2D eigenvalue weighted by molar-refractivity contribution is 6.29. The first-order valence-corrected chi connectivity index (χ1v) is 6.10. The van der Waals surface area contributed by atoms with Gasteiger partial charge in [-0.05, 0) is 29.8 Å². The van der Waals surface area contributed by atoms with Crippen LogP contribution >= 0.6 is 11.6 Å². The first-order valence-electron chi connectivity index (χ1n) is 5.72. The van der Waals surface area contributed by atoms with Crippen molar-refractivity contribution in [2.24, 2.45) is 5.73 Å². The molecule has 6 nitrogen and oxygen atoms in total. The van der Waals surface area contributed by atoms with Crippen molar-refractivity contribution < 1.29 is 9.59 Å². The Labute approximate surface area is 120 Å². The minimum absolute atomic E-state index is 0.163. The number of nitrogens with zero attached hydrogens (tertiary/aromatic N) is 2. The molecular formula is C13H11ClN4O2. The Morgan fingerprint density at radius 3 is 2.35 bits per heavy atom. The van der Waals surface area contributed by atoms with Crippen molar-refractivity contribution in [2.45, 2.75) is 6.42 Å². The second-order valence-corrected chi connectivity index (χ2v) is 4.42. The van der Waals surface area contributed by atoms with Gasteiger partial charge in [-0.1, -0.05) is 23.7 Å². The molecule has 0 atom stereocenters. The minimum Gasteiger partial charge on any atom is -0.369 e. The number of primary amides is 1. The molecule has 0 aliphatic heterocycles. The van der Waals surface area contributed by atoms with Gasteiger partial charge in [-0.3, -0.25) is 9.59 Å². The maximum Gasteiger partial charge on any atom is 0.276 e. The van der Waals surface area contributed by atoms with E-state index < -0.39 is 11.8 Å². The van der Waals surface area contributed by atoms with Crippen molar-refractivity contribution in [3.63, 3.8) is 0 Å². The zero-order valence-electron chi connectivity index (χ0n) is 10.3. The number of benzene rings is 1. The van der Waals surface area contributed by atoms with Crippen molar-refractivity contribution in [1.82, 2.24) is 10.2 Å². The summed E-state index contributed by atoms with van der Waals surface area (Å²) in [6.45, 7) is 0. The normalized spacial score (nSPS) is 10.1. The van der Waals surface area contributed by atoms with Crippen LogP contribution in [0.25, 0.3) is 0 Å². The smallest absolute Gasteiger partial charge is 0.276 e. The zero-order chi connectivity index (χ0) is 14.5. The summed E-state index contributed by atoms with van der Waals surface area (Å²) in [5.74, 6) is -0.796. The molecule has 2 rings (SSSR count). The first kappa shape index (κ1) is 14.0. The van der Waals surface area contributed by atoms with Gasteiger partial charge < -0.3 is 11.1 Å². The van der Waals surface area contributed by atoms with Gasteiger partial charge in [0, 0.05) is 5.69 Å². The fraction of sp³-hybridized carbons (Fsp3) is 0.0769. The van der Waals surface area contributed by atoms with Crippen LogP contribution in [0.15, 0.2) is 36.4 Å². The van der Waals surface area contributed by atoms with Crippen LogP contribution < -0.4 is 11.1 Å². The molecule has 0 saturated carbocycles. The van der Waals surface area contributed by atoms with Gasteiger partial charge in [0.1, 0.15) is 0 Å². The number of hydrogen-bond acceptors (Lipinski definition) is 4. The van der Waals surface area contributed by atoms with E-state index in [-0.39, 0.29) is 17.3 Å². The van der Waals surface area contributed by atoms with E-state index in [1.807, 2.05) is 0 Å². The summed E-state index contributed by atoms with van der Waals surface area (Å²) in [6, 6.07) is 9.76. The molecule has 2 aromatic rings. The van der Waals surface area contributed by atoms with Crippen LogP contribution in [0.5, 0.6) is 0 Å². The molecule has 0 radical (unpaired) electrons. The summed E-state index contributed by atoms with van der Waals surface area (Å²) in [5, 5.41) is 10.1. The van der Waals surface area contributed by atoms with Gasteiger partial charge in [-0.2, -0.15) is 0 Å². The van der Waals surface area contributed by atoms with Gasteiger partial charge in [0.25, 0.3) is 5.91 Å². The lowest BCUT2D eigenvalue weighted by molar-refractivity contribution is -0.117. The van der Waals surface area contributed by atoms with Gasteiger partial charge in [-0.15, -0.1) is 10.2 Å². The highest BCUT2D eigenvalue weighted by Gasteiger charge is 2.08. The van der Waals surface area contributed by atoms with Gasteiger partial charge in [0.2, 0.25) is 5.91 Å². The molecule has 0 aliphatic carbocycles. The third-order valence-electron chi connectivity index (χ3n) is 2.45. The molecule has 0 saturated heterocycles. The molecule has 3 N–H and O–H groups in total. The maximum absolute atomic E-state index is 11.9. The van der Waals surface area contributed by atoms with Crippen LogP contribution in [0.4, 0.5) is 5.69 Å². The van der Waals surface area contributed by atoms with E-state index in [9.17, 15) is 9.59 Å². The Morgan fingerprint density at radius 1 is 1.10 bits per heavy atom. The number of anilines is 1. The number of carbonyl (C=O) groups excluding carboxylic acids is 2. The number of halogens is 1. The SMILES string of the molecule is NC(=O)Cc1ccc(NC(=O)c2ccc(Cl)nn2)cc1. The van der Waals surface area contributed by atoms with Crippen molar-refractivity contribution >= 4 is 29.1 Å². The molecule has 0 aliphatic rings. The van der Waals surface area contributed by atoms with Crippen molar-refractivity contribution in [1.29, 1.82) is 0 Å². The van der Waals surface area contributed by atoms with E-state index in [0.29, 0.717) is 5.69 Å². The number of carbonyl (C=O) groups is 2. The predicted octanol–water partition coefficient (Wildman–Crippen LogP) is 1.41. The third kappa shape index (κ3) is 3.76. The first-order chi connectivity index (χ1) is 9.54. The number of nitrogens with two attached hydrogens (primary N) is 1. The van der Waals surface area contributed by atoms with E-state index in [4.69, 9.17) is 17.3 Å². The van der Waals surface area contributed by atoms with E-state index in [0.717, 1.165) is 5.56 Å². The van der Waals surface area contributed by atoms with Crippen molar-refractivity contribution in [3.05, 3.63) is 52.8 Å². The van der Waals surface area contributed by atoms with E-state index in [2.05, 4.69) is 15.5 Å². The molecule has 0 unspecified atom stereocenters. The van der Waals surface area contributed by atoms with Gasteiger partial charge in [-0.25, -0.2) is 0 Å². The van der Waals surface area contributed by atoms with Gasteiger partial charge in [0.15, 0.2) is 10.8 Å². The Morgan fingerprint density at radius 2 is 1.80 bits per heavy atom. The summed E-state index contributed by atoms with van der Waals surface area (Å²) in [7, 11) is 0. The van der Waals surface area contributed by atoms with Crippen LogP contribution in [0.1, 0.15) is 16.1 Å². The predicted molar refractivity (Wildman–Crippen MR) is 74.3 cm³/mol. The van der Waals surface area contributed by atoms with Crippen molar-refractivity contribution in [2.75, 3.05) is 5.32 Å². The largest absolute Gasteiger partial charge is 0.369 e. The number of nitrogens with one attached hydrogen (secondary N) is 1. The van der Waals surface area contributed by atoms with E-state index in [1.54, 1.807) is 24.3 Å².